The molecule has 3 rings (SSSR count). The Morgan fingerprint density at radius 1 is 1.31 bits per heavy atom. The number of rotatable bonds is 10. The fourth-order valence-corrected chi connectivity index (χ4v) is 3.87. The second kappa shape index (κ2) is 10.4. The third kappa shape index (κ3) is 6.01. The van der Waals surface area contributed by atoms with Crippen LogP contribution in [0.2, 0.25) is 0 Å². The van der Waals surface area contributed by atoms with Crippen LogP contribution in [0.1, 0.15) is 38.7 Å². The maximum atomic E-state index is 13.8. The van der Waals surface area contributed by atoms with Gasteiger partial charge in [-0.15, -0.1) is 0 Å². The quantitative estimate of drug-likeness (QED) is 0.530. The van der Waals surface area contributed by atoms with Crippen LogP contribution in [0.4, 0.5) is 20.2 Å². The van der Waals surface area contributed by atoms with Crippen LogP contribution in [0.15, 0.2) is 18.2 Å². The van der Waals surface area contributed by atoms with E-state index < -0.39 is 29.8 Å². The fourth-order valence-electron chi connectivity index (χ4n) is 3.87. The molecule has 3 amide bonds. The summed E-state index contributed by atoms with van der Waals surface area (Å²) in [6.45, 7) is 5.42. The molecule has 0 unspecified atom stereocenters. The summed E-state index contributed by atoms with van der Waals surface area (Å²) in [6, 6.07) is 2.73. The predicted octanol–water partition coefficient (Wildman–Crippen LogP) is 2.15. The van der Waals surface area contributed by atoms with E-state index in [0.29, 0.717) is 31.3 Å². The van der Waals surface area contributed by atoms with Gasteiger partial charge in [-0.05, 0) is 42.9 Å². The number of carbonyl (C=O) groups excluding carboxylic acids is 3. The zero-order valence-electron chi connectivity index (χ0n) is 18.4. The molecule has 1 aliphatic carbocycles. The van der Waals surface area contributed by atoms with Crippen molar-refractivity contribution in [1.29, 1.82) is 0 Å². The third-order valence-electron chi connectivity index (χ3n) is 5.50. The van der Waals surface area contributed by atoms with Crippen LogP contribution in [0.5, 0.6) is 0 Å². The Balaban J connectivity index is 1.83. The first kappa shape index (κ1) is 24.1. The standard InChI is InChI=1S/C22H30F2N4O4/c1-13(2)10-27(11-14-3-4-14)19(21(25)30)22(31)26-17-6-5-15(9-16(17)20(23)24)28-7-8-32-12-18(28)29/h5-6,9,13-14,19-20H,3-4,7-8,10-12H2,1-2H3,(H2,25,30)(H,26,31)/t19-/m0/s1. The van der Waals surface area contributed by atoms with E-state index in [-0.39, 0.29) is 30.7 Å². The Hall–Kier alpha value is -2.59. The van der Waals surface area contributed by atoms with Crippen LogP contribution in [-0.2, 0) is 19.1 Å². The summed E-state index contributed by atoms with van der Waals surface area (Å²) in [7, 11) is 0. The average molecular weight is 453 g/mol. The Morgan fingerprint density at radius 3 is 2.59 bits per heavy atom. The minimum atomic E-state index is -2.90. The predicted molar refractivity (Wildman–Crippen MR) is 115 cm³/mol. The van der Waals surface area contributed by atoms with Crippen molar-refractivity contribution in [2.24, 2.45) is 17.6 Å². The van der Waals surface area contributed by atoms with E-state index in [1.54, 1.807) is 4.90 Å². The highest BCUT2D eigenvalue weighted by Gasteiger charge is 2.36. The van der Waals surface area contributed by atoms with Gasteiger partial charge in [0.2, 0.25) is 5.91 Å². The average Bonchev–Trinajstić information content (AvgIpc) is 3.52. The van der Waals surface area contributed by atoms with E-state index in [1.165, 1.54) is 23.1 Å². The minimum Gasteiger partial charge on any atom is -0.370 e. The van der Waals surface area contributed by atoms with Gasteiger partial charge in [0.15, 0.2) is 6.04 Å². The second-order valence-electron chi connectivity index (χ2n) is 8.76. The molecule has 1 aromatic rings. The van der Waals surface area contributed by atoms with Crippen molar-refractivity contribution in [3.05, 3.63) is 23.8 Å². The molecule has 0 spiro atoms. The molecule has 32 heavy (non-hydrogen) atoms. The number of alkyl halides is 2. The number of primary amides is 1. The fraction of sp³-hybridized carbons (Fsp3) is 0.591. The Morgan fingerprint density at radius 2 is 2.03 bits per heavy atom. The van der Waals surface area contributed by atoms with Gasteiger partial charge in [-0.2, -0.15) is 0 Å². The molecule has 1 aromatic carbocycles. The lowest BCUT2D eigenvalue weighted by Gasteiger charge is -2.30. The summed E-state index contributed by atoms with van der Waals surface area (Å²) in [6.07, 6.45) is -0.843. The van der Waals surface area contributed by atoms with Crippen molar-refractivity contribution in [3.63, 3.8) is 0 Å². The highest BCUT2D eigenvalue weighted by molar-refractivity contribution is 6.10. The van der Waals surface area contributed by atoms with Crippen molar-refractivity contribution in [2.75, 3.05) is 43.1 Å². The maximum absolute atomic E-state index is 13.8. The molecule has 176 valence electrons. The van der Waals surface area contributed by atoms with E-state index in [9.17, 15) is 23.2 Å². The molecule has 1 aliphatic heterocycles. The van der Waals surface area contributed by atoms with Crippen LogP contribution in [-0.4, -0.2) is 61.5 Å². The van der Waals surface area contributed by atoms with Gasteiger partial charge in [-0.3, -0.25) is 19.3 Å². The molecule has 1 atom stereocenters. The lowest BCUT2D eigenvalue weighted by Crippen LogP contribution is -2.53. The minimum absolute atomic E-state index is 0.114. The number of morpholine rings is 1. The first-order valence-corrected chi connectivity index (χ1v) is 10.8. The van der Waals surface area contributed by atoms with Crippen LogP contribution in [0.25, 0.3) is 0 Å². The normalized spacial score (nSPS) is 17.8. The van der Waals surface area contributed by atoms with Crippen LogP contribution in [0, 0.1) is 11.8 Å². The number of nitrogens with two attached hydrogens (primary N) is 1. The number of amides is 3. The SMILES string of the molecule is CC(C)CN(CC1CC1)[C@@H](C(N)=O)C(=O)Nc1ccc(N2CCOCC2=O)cc1C(F)F. The molecule has 2 aliphatic rings. The maximum Gasteiger partial charge on any atom is 0.265 e. The van der Waals surface area contributed by atoms with Crippen molar-refractivity contribution >= 4 is 29.1 Å². The summed E-state index contributed by atoms with van der Waals surface area (Å²) in [5.41, 5.74) is 5.30. The second-order valence-corrected chi connectivity index (χ2v) is 8.76. The van der Waals surface area contributed by atoms with Gasteiger partial charge < -0.3 is 20.7 Å². The lowest BCUT2D eigenvalue weighted by molar-refractivity contribution is -0.133. The van der Waals surface area contributed by atoms with Gasteiger partial charge >= 0.3 is 0 Å². The smallest absolute Gasteiger partial charge is 0.265 e. The van der Waals surface area contributed by atoms with Crippen LogP contribution < -0.4 is 16.0 Å². The third-order valence-corrected chi connectivity index (χ3v) is 5.50. The Kier molecular flexibility index (Phi) is 7.78. The summed E-state index contributed by atoms with van der Waals surface area (Å²) in [4.78, 5) is 40.4. The molecule has 10 heteroatoms. The van der Waals surface area contributed by atoms with E-state index in [4.69, 9.17) is 10.5 Å². The Labute approximate surface area is 186 Å². The first-order chi connectivity index (χ1) is 15.2. The van der Waals surface area contributed by atoms with E-state index in [1.807, 2.05) is 13.8 Å². The highest BCUT2D eigenvalue weighted by Crippen LogP contribution is 2.33. The van der Waals surface area contributed by atoms with Crippen molar-refractivity contribution < 1.29 is 27.9 Å². The molecular formula is C22H30F2N4O4. The van der Waals surface area contributed by atoms with Gasteiger partial charge in [-0.1, -0.05) is 13.8 Å². The van der Waals surface area contributed by atoms with E-state index >= 15 is 0 Å². The molecule has 0 radical (unpaired) electrons. The van der Waals surface area contributed by atoms with Crippen molar-refractivity contribution in [1.82, 2.24) is 4.90 Å². The summed E-state index contributed by atoms with van der Waals surface area (Å²) >= 11 is 0. The van der Waals surface area contributed by atoms with E-state index in [2.05, 4.69) is 5.32 Å². The first-order valence-electron chi connectivity index (χ1n) is 10.8. The molecular weight excluding hydrogens is 422 g/mol. The molecule has 1 saturated carbocycles. The summed E-state index contributed by atoms with van der Waals surface area (Å²) in [5.74, 6) is -1.30. The molecule has 0 aromatic heterocycles. The summed E-state index contributed by atoms with van der Waals surface area (Å²) in [5, 5.41) is 2.47. The molecule has 1 heterocycles. The monoisotopic (exact) mass is 452 g/mol. The topological polar surface area (TPSA) is 105 Å². The number of halogens is 2. The molecule has 1 saturated heterocycles. The largest absolute Gasteiger partial charge is 0.370 e. The molecule has 0 bridgehead atoms. The zero-order valence-corrected chi connectivity index (χ0v) is 18.4. The Bertz CT molecular complexity index is 856. The van der Waals surface area contributed by atoms with Gasteiger partial charge in [0.1, 0.15) is 6.61 Å². The number of hydrogen-bond donors (Lipinski definition) is 2. The number of benzene rings is 1. The molecule has 2 fully saturated rings. The number of ether oxygens (including phenoxy) is 1. The number of nitrogens with zero attached hydrogens (tertiary/aromatic N) is 2. The summed E-state index contributed by atoms with van der Waals surface area (Å²) < 4.78 is 32.7. The molecule has 3 N–H and O–H groups in total. The van der Waals surface area contributed by atoms with Gasteiger partial charge in [0.25, 0.3) is 18.2 Å². The number of hydrogen-bond acceptors (Lipinski definition) is 5. The molecule has 8 nitrogen and oxygen atoms in total. The lowest BCUT2D eigenvalue weighted by atomic mass is 10.1. The number of anilines is 2. The van der Waals surface area contributed by atoms with Gasteiger partial charge in [0, 0.05) is 36.6 Å². The van der Waals surface area contributed by atoms with Crippen LogP contribution >= 0.6 is 0 Å². The van der Waals surface area contributed by atoms with Gasteiger partial charge in [0.05, 0.1) is 6.61 Å². The van der Waals surface area contributed by atoms with Gasteiger partial charge in [-0.25, -0.2) is 8.78 Å². The zero-order chi connectivity index (χ0) is 23.4. The highest BCUT2D eigenvalue weighted by atomic mass is 19.3. The number of nitrogens with one attached hydrogen (secondary N) is 1. The van der Waals surface area contributed by atoms with Crippen molar-refractivity contribution in [2.45, 2.75) is 39.2 Å². The van der Waals surface area contributed by atoms with Crippen molar-refractivity contribution in [3.8, 4) is 0 Å². The number of carbonyl (C=O) groups is 3. The van der Waals surface area contributed by atoms with Crippen LogP contribution in [0.3, 0.4) is 0 Å². The van der Waals surface area contributed by atoms with E-state index in [0.717, 1.165) is 12.8 Å².